The summed E-state index contributed by atoms with van der Waals surface area (Å²) in [7, 11) is 1.55. The first-order valence-corrected chi connectivity index (χ1v) is 5.32. The van der Waals surface area contributed by atoms with Gasteiger partial charge in [0.25, 0.3) is 0 Å². The molecule has 7 nitrogen and oxygen atoms in total. The molecule has 19 heavy (non-hydrogen) atoms. The van der Waals surface area contributed by atoms with Gasteiger partial charge in [-0.15, -0.1) is 0 Å². The number of primary amides is 1. The SMILES string of the molecule is CN(C(N)=O)c1ccc(-c2cc(C(=O)O)no2)cc1. The maximum atomic E-state index is 11.0. The molecular weight excluding hydrogens is 250 g/mol. The topological polar surface area (TPSA) is 110 Å². The van der Waals surface area contributed by atoms with Gasteiger partial charge in [-0.05, 0) is 24.3 Å². The molecular formula is C12H11N3O4. The number of carboxylic acids is 1. The van der Waals surface area contributed by atoms with Crippen LogP contribution in [0.1, 0.15) is 10.5 Å². The lowest BCUT2D eigenvalue weighted by atomic mass is 10.1. The number of nitrogens with zero attached hydrogens (tertiary/aromatic N) is 2. The van der Waals surface area contributed by atoms with E-state index in [-0.39, 0.29) is 5.69 Å². The highest BCUT2D eigenvalue weighted by Gasteiger charge is 2.12. The van der Waals surface area contributed by atoms with Gasteiger partial charge in [-0.3, -0.25) is 4.90 Å². The van der Waals surface area contributed by atoms with Crippen molar-refractivity contribution in [2.45, 2.75) is 0 Å². The van der Waals surface area contributed by atoms with Crippen molar-refractivity contribution in [1.29, 1.82) is 0 Å². The Morgan fingerprint density at radius 1 is 1.32 bits per heavy atom. The molecule has 0 fully saturated rings. The standard InChI is InChI=1S/C12H11N3O4/c1-15(12(13)18)8-4-2-7(3-5-8)10-6-9(11(16)17)14-19-10/h2-6H,1H3,(H2,13,18)(H,16,17). The molecule has 0 atom stereocenters. The summed E-state index contributed by atoms with van der Waals surface area (Å²) in [5, 5.41) is 12.2. The number of carbonyl (C=O) groups excluding carboxylic acids is 1. The van der Waals surface area contributed by atoms with Crippen molar-refractivity contribution in [2.24, 2.45) is 5.73 Å². The maximum Gasteiger partial charge on any atom is 0.358 e. The number of benzene rings is 1. The van der Waals surface area contributed by atoms with Gasteiger partial charge in [0.2, 0.25) is 0 Å². The average molecular weight is 261 g/mol. The minimum absolute atomic E-state index is 0.159. The lowest BCUT2D eigenvalue weighted by molar-refractivity contribution is 0.0686. The molecule has 0 aliphatic rings. The second-order valence-corrected chi connectivity index (χ2v) is 3.83. The molecule has 0 unspecified atom stereocenters. The molecule has 1 aromatic heterocycles. The average Bonchev–Trinajstić information content (AvgIpc) is 2.87. The van der Waals surface area contributed by atoms with E-state index in [4.69, 9.17) is 15.4 Å². The first-order chi connectivity index (χ1) is 8.99. The van der Waals surface area contributed by atoms with Crippen molar-refractivity contribution in [1.82, 2.24) is 5.16 Å². The number of rotatable bonds is 3. The zero-order valence-corrected chi connectivity index (χ0v) is 10.0. The zero-order chi connectivity index (χ0) is 14.0. The van der Waals surface area contributed by atoms with Crippen LogP contribution < -0.4 is 10.6 Å². The molecule has 98 valence electrons. The molecule has 2 amide bonds. The van der Waals surface area contributed by atoms with Crippen LogP contribution in [0.25, 0.3) is 11.3 Å². The highest BCUT2D eigenvalue weighted by Crippen LogP contribution is 2.23. The molecule has 0 spiro atoms. The third-order valence-corrected chi connectivity index (χ3v) is 2.60. The molecule has 7 heteroatoms. The van der Waals surface area contributed by atoms with Crippen LogP contribution in [0.2, 0.25) is 0 Å². The molecule has 2 rings (SSSR count). The first-order valence-electron chi connectivity index (χ1n) is 5.32. The summed E-state index contributed by atoms with van der Waals surface area (Å²) in [6.07, 6.45) is 0. The molecule has 0 aliphatic carbocycles. The maximum absolute atomic E-state index is 11.0. The van der Waals surface area contributed by atoms with E-state index in [0.29, 0.717) is 17.0 Å². The number of urea groups is 1. The van der Waals surface area contributed by atoms with E-state index in [2.05, 4.69) is 5.16 Å². The Morgan fingerprint density at radius 3 is 2.42 bits per heavy atom. The van der Waals surface area contributed by atoms with Crippen molar-refractivity contribution in [2.75, 3.05) is 11.9 Å². The normalized spacial score (nSPS) is 10.2. The Balaban J connectivity index is 2.27. The largest absolute Gasteiger partial charge is 0.476 e. The molecule has 0 radical (unpaired) electrons. The van der Waals surface area contributed by atoms with E-state index in [9.17, 15) is 9.59 Å². The zero-order valence-electron chi connectivity index (χ0n) is 10.0. The molecule has 0 aliphatic heterocycles. The number of anilines is 1. The minimum atomic E-state index is -1.15. The Morgan fingerprint density at radius 2 is 1.95 bits per heavy atom. The lowest BCUT2D eigenvalue weighted by Crippen LogP contribution is -2.31. The highest BCUT2D eigenvalue weighted by atomic mass is 16.5. The Kier molecular flexibility index (Phi) is 3.19. The summed E-state index contributed by atoms with van der Waals surface area (Å²) in [6, 6.07) is 7.46. The van der Waals surface area contributed by atoms with E-state index >= 15 is 0 Å². The molecule has 0 saturated heterocycles. The van der Waals surface area contributed by atoms with Gasteiger partial charge >= 0.3 is 12.0 Å². The monoisotopic (exact) mass is 261 g/mol. The van der Waals surface area contributed by atoms with Crippen LogP contribution >= 0.6 is 0 Å². The molecule has 1 aromatic carbocycles. The molecule has 2 aromatic rings. The van der Waals surface area contributed by atoms with E-state index < -0.39 is 12.0 Å². The quantitative estimate of drug-likeness (QED) is 0.871. The number of nitrogens with two attached hydrogens (primary N) is 1. The summed E-state index contributed by atoms with van der Waals surface area (Å²) in [5.41, 5.74) is 6.26. The van der Waals surface area contributed by atoms with Crippen molar-refractivity contribution < 1.29 is 19.2 Å². The Hall–Kier alpha value is -2.83. The van der Waals surface area contributed by atoms with E-state index in [1.165, 1.54) is 11.0 Å². The van der Waals surface area contributed by atoms with Gasteiger partial charge in [0.05, 0.1) is 0 Å². The van der Waals surface area contributed by atoms with Crippen LogP contribution in [0.5, 0.6) is 0 Å². The first kappa shape index (κ1) is 12.6. The number of hydrogen-bond donors (Lipinski definition) is 2. The predicted octanol–water partition coefficient (Wildman–Crippen LogP) is 1.55. The van der Waals surface area contributed by atoms with Crippen LogP contribution in [0, 0.1) is 0 Å². The van der Waals surface area contributed by atoms with Gasteiger partial charge in [-0.2, -0.15) is 0 Å². The van der Waals surface area contributed by atoms with E-state index in [1.807, 2.05) is 0 Å². The number of carboxylic acid groups (broad SMARTS) is 1. The third-order valence-electron chi connectivity index (χ3n) is 2.60. The van der Waals surface area contributed by atoms with E-state index in [0.717, 1.165) is 0 Å². The summed E-state index contributed by atoms with van der Waals surface area (Å²) < 4.78 is 4.92. The van der Waals surface area contributed by atoms with Crippen LogP contribution in [0.4, 0.5) is 10.5 Å². The Bertz CT molecular complexity index is 618. The van der Waals surface area contributed by atoms with Crippen LogP contribution in [-0.2, 0) is 0 Å². The van der Waals surface area contributed by atoms with Gasteiger partial charge in [0, 0.05) is 24.4 Å². The summed E-state index contributed by atoms with van der Waals surface area (Å²) >= 11 is 0. The second kappa shape index (κ2) is 4.81. The Labute approximate surface area is 108 Å². The smallest absolute Gasteiger partial charge is 0.358 e. The number of amides is 2. The van der Waals surface area contributed by atoms with Gasteiger partial charge in [0.15, 0.2) is 11.5 Å². The molecule has 3 N–H and O–H groups in total. The number of hydrogen-bond acceptors (Lipinski definition) is 4. The molecule has 1 heterocycles. The van der Waals surface area contributed by atoms with Gasteiger partial charge < -0.3 is 15.4 Å². The molecule has 0 saturated carbocycles. The predicted molar refractivity (Wildman–Crippen MR) is 66.9 cm³/mol. The lowest BCUT2D eigenvalue weighted by Gasteiger charge is -2.13. The number of carbonyl (C=O) groups is 2. The summed E-state index contributed by atoms with van der Waals surface area (Å²) in [4.78, 5) is 23.0. The van der Waals surface area contributed by atoms with Gasteiger partial charge in [-0.25, -0.2) is 9.59 Å². The highest BCUT2D eigenvalue weighted by molar-refractivity contribution is 5.90. The van der Waals surface area contributed by atoms with Crippen LogP contribution in [0.3, 0.4) is 0 Å². The summed E-state index contributed by atoms with van der Waals surface area (Å²) in [5.74, 6) is -0.814. The van der Waals surface area contributed by atoms with E-state index in [1.54, 1.807) is 31.3 Å². The van der Waals surface area contributed by atoms with Gasteiger partial charge in [0.1, 0.15) is 0 Å². The summed E-state index contributed by atoms with van der Waals surface area (Å²) in [6.45, 7) is 0. The number of aromatic nitrogens is 1. The van der Waals surface area contributed by atoms with Crippen LogP contribution in [-0.4, -0.2) is 29.3 Å². The van der Waals surface area contributed by atoms with Gasteiger partial charge in [-0.1, -0.05) is 5.16 Å². The van der Waals surface area contributed by atoms with Crippen LogP contribution in [0.15, 0.2) is 34.9 Å². The second-order valence-electron chi connectivity index (χ2n) is 3.83. The fourth-order valence-corrected chi connectivity index (χ4v) is 1.49. The van der Waals surface area contributed by atoms with Crippen molar-refractivity contribution in [3.8, 4) is 11.3 Å². The third kappa shape index (κ3) is 2.54. The van der Waals surface area contributed by atoms with Crippen molar-refractivity contribution in [3.05, 3.63) is 36.0 Å². The fourth-order valence-electron chi connectivity index (χ4n) is 1.49. The minimum Gasteiger partial charge on any atom is -0.476 e. The number of aromatic carboxylic acids is 1. The van der Waals surface area contributed by atoms with Crippen molar-refractivity contribution >= 4 is 17.7 Å². The fraction of sp³-hybridized carbons (Fsp3) is 0.0833. The van der Waals surface area contributed by atoms with Crippen molar-refractivity contribution in [3.63, 3.8) is 0 Å². The molecule has 0 bridgehead atoms.